The Kier molecular flexibility index (Phi) is 5.30. The average Bonchev–Trinajstić information content (AvgIpc) is 3.23. The molecule has 2 heterocycles. The fraction of sp³-hybridized carbons (Fsp3) is 0.588. The number of guanidine groups is 1. The first-order valence-corrected chi connectivity index (χ1v) is 8.29. The standard InChI is InChI=1S/C17H25N3O4/c1-17(6-3-8-24-17)11-20-16(18-2)19-7-9-21-13-4-5-14-15(10-13)23-12-22-14/h4-5,10H,3,6-9,11-12H2,1-2H3,(H2,18,19,20). The molecule has 1 fully saturated rings. The van der Waals surface area contributed by atoms with Crippen molar-refractivity contribution in [2.75, 3.05) is 40.1 Å². The minimum absolute atomic E-state index is 0.0966. The molecule has 1 unspecified atom stereocenters. The van der Waals surface area contributed by atoms with Crippen LogP contribution in [0.4, 0.5) is 0 Å². The molecule has 1 aromatic carbocycles. The van der Waals surface area contributed by atoms with E-state index in [1.165, 1.54) is 0 Å². The van der Waals surface area contributed by atoms with Crippen molar-refractivity contribution >= 4 is 5.96 Å². The first kappa shape index (κ1) is 16.7. The highest BCUT2D eigenvalue weighted by Crippen LogP contribution is 2.34. The molecule has 0 radical (unpaired) electrons. The topological polar surface area (TPSA) is 73.3 Å². The van der Waals surface area contributed by atoms with Crippen LogP contribution < -0.4 is 24.8 Å². The Hall–Kier alpha value is -2.15. The number of fused-ring (bicyclic) bond motifs is 1. The van der Waals surface area contributed by atoms with E-state index >= 15 is 0 Å². The van der Waals surface area contributed by atoms with E-state index in [2.05, 4.69) is 22.5 Å². The Balaban J connectivity index is 1.37. The van der Waals surface area contributed by atoms with E-state index in [0.29, 0.717) is 13.2 Å². The van der Waals surface area contributed by atoms with Crippen LogP contribution in [0.3, 0.4) is 0 Å². The van der Waals surface area contributed by atoms with Gasteiger partial charge in [0.1, 0.15) is 12.4 Å². The van der Waals surface area contributed by atoms with Gasteiger partial charge in [-0.1, -0.05) is 0 Å². The molecule has 0 aliphatic carbocycles. The summed E-state index contributed by atoms with van der Waals surface area (Å²) in [5.41, 5.74) is -0.0966. The first-order chi connectivity index (χ1) is 11.7. The van der Waals surface area contributed by atoms with Crippen molar-refractivity contribution in [3.8, 4) is 17.2 Å². The van der Waals surface area contributed by atoms with Gasteiger partial charge in [0.2, 0.25) is 6.79 Å². The average molecular weight is 335 g/mol. The Bertz CT molecular complexity index is 585. The second-order valence-electron chi connectivity index (χ2n) is 6.12. The summed E-state index contributed by atoms with van der Waals surface area (Å²) in [7, 11) is 1.76. The number of hydrogen-bond acceptors (Lipinski definition) is 5. The molecule has 132 valence electrons. The van der Waals surface area contributed by atoms with Crippen LogP contribution in [0.25, 0.3) is 0 Å². The van der Waals surface area contributed by atoms with Crippen LogP contribution >= 0.6 is 0 Å². The van der Waals surface area contributed by atoms with Gasteiger partial charge in [0.25, 0.3) is 0 Å². The number of benzene rings is 1. The third kappa shape index (κ3) is 4.23. The van der Waals surface area contributed by atoms with Crippen LogP contribution in [0.5, 0.6) is 17.2 Å². The summed E-state index contributed by atoms with van der Waals surface area (Å²) in [6.07, 6.45) is 2.19. The minimum atomic E-state index is -0.0966. The van der Waals surface area contributed by atoms with Gasteiger partial charge in [-0.25, -0.2) is 0 Å². The van der Waals surface area contributed by atoms with Crippen LogP contribution in [0.2, 0.25) is 0 Å². The van der Waals surface area contributed by atoms with E-state index in [4.69, 9.17) is 18.9 Å². The SMILES string of the molecule is CN=C(NCCOc1ccc2c(c1)OCO2)NCC1(C)CCCO1. The van der Waals surface area contributed by atoms with Gasteiger partial charge in [0.05, 0.1) is 12.1 Å². The molecule has 0 aromatic heterocycles. The van der Waals surface area contributed by atoms with Crippen LogP contribution in [0.1, 0.15) is 19.8 Å². The third-order valence-corrected chi connectivity index (χ3v) is 4.16. The predicted octanol–water partition coefficient (Wildman–Crippen LogP) is 1.53. The van der Waals surface area contributed by atoms with Crippen molar-refractivity contribution < 1.29 is 18.9 Å². The molecule has 2 aliphatic rings. The van der Waals surface area contributed by atoms with Gasteiger partial charge >= 0.3 is 0 Å². The van der Waals surface area contributed by atoms with Crippen LogP contribution in [0, 0.1) is 0 Å². The summed E-state index contributed by atoms with van der Waals surface area (Å²) in [6.45, 7) is 5.15. The number of rotatable bonds is 6. The van der Waals surface area contributed by atoms with Gasteiger partial charge in [0, 0.05) is 26.3 Å². The Labute approximate surface area is 142 Å². The lowest BCUT2D eigenvalue weighted by molar-refractivity contribution is 0.0243. The van der Waals surface area contributed by atoms with Crippen molar-refractivity contribution in [2.24, 2.45) is 4.99 Å². The molecule has 3 rings (SSSR count). The quantitative estimate of drug-likeness (QED) is 0.467. The van der Waals surface area contributed by atoms with Gasteiger partial charge in [-0.15, -0.1) is 0 Å². The molecule has 1 saturated heterocycles. The Morgan fingerprint density at radius 1 is 1.29 bits per heavy atom. The summed E-state index contributed by atoms with van der Waals surface area (Å²) in [6, 6.07) is 5.57. The maximum absolute atomic E-state index is 5.76. The zero-order valence-electron chi connectivity index (χ0n) is 14.3. The largest absolute Gasteiger partial charge is 0.492 e. The number of nitrogens with one attached hydrogen (secondary N) is 2. The van der Waals surface area contributed by atoms with Crippen LogP contribution in [-0.4, -0.2) is 51.7 Å². The molecule has 0 saturated carbocycles. The fourth-order valence-electron chi connectivity index (χ4n) is 2.77. The highest BCUT2D eigenvalue weighted by Gasteiger charge is 2.29. The fourth-order valence-corrected chi connectivity index (χ4v) is 2.77. The number of nitrogens with zero attached hydrogens (tertiary/aromatic N) is 1. The van der Waals surface area contributed by atoms with Crippen molar-refractivity contribution in [1.82, 2.24) is 10.6 Å². The molecule has 2 N–H and O–H groups in total. The Morgan fingerprint density at radius 3 is 2.96 bits per heavy atom. The number of ether oxygens (including phenoxy) is 4. The monoisotopic (exact) mass is 335 g/mol. The molecular formula is C17H25N3O4. The van der Waals surface area contributed by atoms with E-state index in [1.54, 1.807) is 7.05 Å². The van der Waals surface area contributed by atoms with Gasteiger partial charge in [-0.05, 0) is 31.9 Å². The Morgan fingerprint density at radius 2 is 2.17 bits per heavy atom. The molecule has 1 aromatic rings. The molecule has 0 bridgehead atoms. The lowest BCUT2D eigenvalue weighted by atomic mass is 10.0. The summed E-state index contributed by atoms with van der Waals surface area (Å²) >= 11 is 0. The highest BCUT2D eigenvalue weighted by atomic mass is 16.7. The highest BCUT2D eigenvalue weighted by molar-refractivity contribution is 5.79. The third-order valence-electron chi connectivity index (χ3n) is 4.16. The van der Waals surface area contributed by atoms with E-state index in [0.717, 1.165) is 49.2 Å². The predicted molar refractivity (Wildman–Crippen MR) is 91.0 cm³/mol. The molecule has 7 heteroatoms. The molecule has 24 heavy (non-hydrogen) atoms. The first-order valence-electron chi connectivity index (χ1n) is 8.29. The summed E-state index contributed by atoms with van der Waals surface area (Å²) in [5.74, 6) is 2.99. The van der Waals surface area contributed by atoms with E-state index < -0.39 is 0 Å². The zero-order valence-corrected chi connectivity index (χ0v) is 14.3. The van der Waals surface area contributed by atoms with Crippen molar-refractivity contribution in [3.05, 3.63) is 18.2 Å². The normalized spacial score (nSPS) is 22.5. The minimum Gasteiger partial charge on any atom is -0.492 e. The zero-order chi connectivity index (χ0) is 16.8. The van der Waals surface area contributed by atoms with Crippen molar-refractivity contribution in [1.29, 1.82) is 0 Å². The lowest BCUT2D eigenvalue weighted by Crippen LogP contribution is -2.46. The second-order valence-corrected chi connectivity index (χ2v) is 6.12. The molecule has 2 aliphatic heterocycles. The molecule has 7 nitrogen and oxygen atoms in total. The van der Waals surface area contributed by atoms with Gasteiger partial charge in [-0.2, -0.15) is 0 Å². The van der Waals surface area contributed by atoms with Crippen LogP contribution in [0.15, 0.2) is 23.2 Å². The van der Waals surface area contributed by atoms with Crippen LogP contribution in [-0.2, 0) is 4.74 Å². The van der Waals surface area contributed by atoms with E-state index in [9.17, 15) is 0 Å². The molecule has 0 spiro atoms. The molecule has 1 atom stereocenters. The van der Waals surface area contributed by atoms with E-state index in [-0.39, 0.29) is 12.4 Å². The lowest BCUT2D eigenvalue weighted by Gasteiger charge is -2.24. The number of aliphatic imine (C=N–C) groups is 1. The number of hydrogen-bond donors (Lipinski definition) is 2. The summed E-state index contributed by atoms with van der Waals surface area (Å²) in [5, 5.41) is 6.54. The van der Waals surface area contributed by atoms with Crippen molar-refractivity contribution in [2.45, 2.75) is 25.4 Å². The second kappa shape index (κ2) is 7.61. The smallest absolute Gasteiger partial charge is 0.231 e. The maximum atomic E-state index is 5.76. The summed E-state index contributed by atoms with van der Waals surface area (Å²) in [4.78, 5) is 4.22. The van der Waals surface area contributed by atoms with E-state index in [1.807, 2.05) is 18.2 Å². The van der Waals surface area contributed by atoms with Gasteiger partial charge in [-0.3, -0.25) is 4.99 Å². The van der Waals surface area contributed by atoms with Crippen molar-refractivity contribution in [3.63, 3.8) is 0 Å². The van der Waals surface area contributed by atoms with Gasteiger partial charge in [0.15, 0.2) is 17.5 Å². The molecule has 0 amide bonds. The maximum Gasteiger partial charge on any atom is 0.231 e. The molecular weight excluding hydrogens is 310 g/mol. The van der Waals surface area contributed by atoms with Gasteiger partial charge < -0.3 is 29.6 Å². The summed E-state index contributed by atoms with van der Waals surface area (Å²) < 4.78 is 22.1.